The average molecular weight is 448 g/mol. The lowest BCUT2D eigenvalue weighted by Gasteiger charge is -2.46. The number of benzene rings is 1. The second-order valence-electron chi connectivity index (χ2n) is 9.65. The third kappa shape index (κ3) is 8.64. The van der Waals surface area contributed by atoms with E-state index in [9.17, 15) is 0 Å². The fourth-order valence-electron chi connectivity index (χ4n) is 5.16. The van der Waals surface area contributed by atoms with Crippen molar-refractivity contribution in [2.45, 2.75) is 58.4 Å². The summed E-state index contributed by atoms with van der Waals surface area (Å²) in [5.74, 6) is 0.874. The van der Waals surface area contributed by atoms with Crippen molar-refractivity contribution in [3.63, 3.8) is 0 Å². The van der Waals surface area contributed by atoms with E-state index in [4.69, 9.17) is 0 Å². The van der Waals surface area contributed by atoms with Gasteiger partial charge in [0.05, 0.1) is 0 Å². The lowest BCUT2D eigenvalue weighted by atomic mass is 9.89. The van der Waals surface area contributed by atoms with Crippen LogP contribution in [0.1, 0.15) is 51.5 Å². The van der Waals surface area contributed by atoms with Gasteiger partial charge in [-0.1, -0.05) is 67.3 Å². The number of piperidine rings is 1. The number of allylic oxidation sites excluding steroid dienone is 5. The van der Waals surface area contributed by atoms with Crippen molar-refractivity contribution in [1.82, 2.24) is 15.1 Å². The molecule has 3 rings (SSSR count). The first kappa shape index (κ1) is 25.5. The number of piperazine rings is 1. The highest BCUT2D eigenvalue weighted by atomic mass is 15.3. The van der Waals surface area contributed by atoms with E-state index in [-0.39, 0.29) is 0 Å². The summed E-state index contributed by atoms with van der Waals surface area (Å²) in [7, 11) is 0. The Morgan fingerprint density at radius 2 is 1.91 bits per heavy atom. The summed E-state index contributed by atoms with van der Waals surface area (Å²) in [6.45, 7) is 15.8. The Bertz CT molecular complexity index is 792. The third-order valence-electron chi connectivity index (χ3n) is 7.19. The molecule has 0 aromatic heterocycles. The Hall–Kier alpha value is -2.10. The van der Waals surface area contributed by atoms with E-state index in [1.165, 1.54) is 76.0 Å². The van der Waals surface area contributed by atoms with Crippen LogP contribution < -0.4 is 5.32 Å². The van der Waals surface area contributed by atoms with E-state index in [0.29, 0.717) is 0 Å². The van der Waals surface area contributed by atoms with E-state index in [0.717, 1.165) is 30.6 Å². The number of unbranched alkanes of at least 4 members (excludes halogenated alkanes) is 1. The van der Waals surface area contributed by atoms with Gasteiger partial charge in [-0.2, -0.15) is 0 Å². The van der Waals surface area contributed by atoms with Gasteiger partial charge in [0.25, 0.3) is 0 Å². The summed E-state index contributed by atoms with van der Waals surface area (Å²) in [5, 5.41) is 3.54. The van der Waals surface area contributed by atoms with Gasteiger partial charge in [0.2, 0.25) is 0 Å². The average Bonchev–Trinajstić information content (AvgIpc) is 2.85. The molecule has 0 aliphatic carbocycles. The lowest BCUT2D eigenvalue weighted by molar-refractivity contribution is 0.0282. The van der Waals surface area contributed by atoms with Gasteiger partial charge >= 0.3 is 0 Å². The van der Waals surface area contributed by atoms with Crippen LogP contribution in [0, 0.1) is 5.92 Å². The molecular weight excluding hydrogens is 402 g/mol. The molecule has 0 spiro atoms. The molecule has 2 atom stereocenters. The first-order valence-electron chi connectivity index (χ1n) is 13.1. The summed E-state index contributed by atoms with van der Waals surface area (Å²) in [6, 6.07) is 11.4. The largest absolute Gasteiger partial charge is 0.385 e. The minimum absolute atomic E-state index is 0.790. The van der Waals surface area contributed by atoms with Gasteiger partial charge in [0, 0.05) is 44.5 Å². The molecule has 3 nitrogen and oxygen atoms in total. The quantitative estimate of drug-likeness (QED) is 0.242. The van der Waals surface area contributed by atoms with Gasteiger partial charge in [0.15, 0.2) is 0 Å². The highest BCUT2D eigenvalue weighted by Gasteiger charge is 2.32. The van der Waals surface area contributed by atoms with Crippen molar-refractivity contribution in [1.29, 1.82) is 0 Å². The zero-order valence-corrected chi connectivity index (χ0v) is 21.0. The number of fused-ring (bicyclic) bond motifs is 1. The highest BCUT2D eigenvalue weighted by Crippen LogP contribution is 2.27. The minimum atomic E-state index is 0.790. The maximum absolute atomic E-state index is 4.26. The first-order valence-corrected chi connectivity index (χ1v) is 13.1. The van der Waals surface area contributed by atoms with Crippen LogP contribution in [0.2, 0.25) is 0 Å². The zero-order chi connectivity index (χ0) is 23.3. The van der Waals surface area contributed by atoms with Crippen molar-refractivity contribution in [2.75, 3.05) is 39.3 Å². The molecule has 33 heavy (non-hydrogen) atoms. The predicted molar refractivity (Wildman–Crippen MR) is 143 cm³/mol. The molecule has 0 bridgehead atoms. The zero-order valence-electron chi connectivity index (χ0n) is 21.0. The molecule has 0 saturated carbocycles. The van der Waals surface area contributed by atoms with E-state index in [1.807, 2.05) is 0 Å². The van der Waals surface area contributed by atoms with E-state index >= 15 is 0 Å². The molecule has 2 aliphatic rings. The summed E-state index contributed by atoms with van der Waals surface area (Å²) >= 11 is 0. The van der Waals surface area contributed by atoms with Crippen LogP contribution in [0.15, 0.2) is 78.6 Å². The SMILES string of the molecule is C=C(NCCCCN1CCN2CC(C/C=C\C)CCC2C1)C(/C=C\Cc1ccccc1)=C/C. The first-order chi connectivity index (χ1) is 16.2. The van der Waals surface area contributed by atoms with Crippen molar-refractivity contribution in [3.8, 4) is 0 Å². The van der Waals surface area contributed by atoms with Gasteiger partial charge in [-0.05, 0) is 76.0 Å². The van der Waals surface area contributed by atoms with Crippen molar-refractivity contribution < 1.29 is 0 Å². The molecule has 1 N–H and O–H groups in total. The van der Waals surface area contributed by atoms with Crippen molar-refractivity contribution >= 4 is 0 Å². The molecule has 2 aliphatic heterocycles. The highest BCUT2D eigenvalue weighted by molar-refractivity contribution is 5.37. The molecule has 2 saturated heterocycles. The second kappa shape index (κ2) is 14.2. The van der Waals surface area contributed by atoms with Gasteiger partial charge in [-0.3, -0.25) is 4.90 Å². The second-order valence-corrected chi connectivity index (χ2v) is 9.65. The smallest absolute Gasteiger partial charge is 0.0337 e. The van der Waals surface area contributed by atoms with Crippen LogP contribution in [0.5, 0.6) is 0 Å². The summed E-state index contributed by atoms with van der Waals surface area (Å²) in [4.78, 5) is 5.47. The molecule has 1 aromatic rings. The molecular formula is C30H45N3. The molecule has 2 heterocycles. The van der Waals surface area contributed by atoms with Crippen LogP contribution in [0.3, 0.4) is 0 Å². The molecule has 3 heteroatoms. The topological polar surface area (TPSA) is 18.5 Å². The van der Waals surface area contributed by atoms with Crippen LogP contribution in [-0.2, 0) is 6.42 Å². The number of hydrogen-bond donors (Lipinski definition) is 1. The molecule has 180 valence electrons. The van der Waals surface area contributed by atoms with Crippen LogP contribution >= 0.6 is 0 Å². The van der Waals surface area contributed by atoms with Crippen molar-refractivity contribution in [2.24, 2.45) is 5.92 Å². The lowest BCUT2D eigenvalue weighted by Crippen LogP contribution is -2.56. The number of nitrogens with one attached hydrogen (secondary N) is 1. The van der Waals surface area contributed by atoms with Crippen LogP contribution in [-0.4, -0.2) is 55.1 Å². The van der Waals surface area contributed by atoms with Crippen LogP contribution in [0.4, 0.5) is 0 Å². The normalized spacial score (nSPS) is 22.7. The fraction of sp³-hybridized carbons (Fsp3) is 0.533. The molecule has 0 radical (unpaired) electrons. The monoisotopic (exact) mass is 447 g/mol. The standard InChI is InChI=1S/C30H45N3/c1-4-6-13-28-18-19-30-25-32(22-23-33(30)24-28)21-11-10-20-31-26(3)29(5-2)17-12-16-27-14-8-7-9-15-27/h4-9,12,14-15,17,28,30-31H,3,10-11,13,16,18-25H2,1-2H3/b6-4-,17-12-,29-5+. The molecule has 0 amide bonds. The third-order valence-corrected chi connectivity index (χ3v) is 7.19. The molecule has 2 fully saturated rings. The van der Waals surface area contributed by atoms with E-state index in [1.54, 1.807) is 0 Å². The predicted octanol–water partition coefficient (Wildman–Crippen LogP) is 5.98. The summed E-state index contributed by atoms with van der Waals surface area (Å²) in [6.07, 6.45) is 18.6. The molecule has 2 unspecified atom stereocenters. The number of rotatable bonds is 12. The van der Waals surface area contributed by atoms with Crippen LogP contribution in [0.25, 0.3) is 0 Å². The van der Waals surface area contributed by atoms with Crippen molar-refractivity contribution in [3.05, 3.63) is 84.1 Å². The number of hydrogen-bond acceptors (Lipinski definition) is 3. The maximum atomic E-state index is 4.26. The summed E-state index contributed by atoms with van der Waals surface area (Å²) in [5.41, 5.74) is 3.56. The number of nitrogens with zero attached hydrogens (tertiary/aromatic N) is 2. The Balaban J connectivity index is 1.28. The Morgan fingerprint density at radius 1 is 1.06 bits per heavy atom. The van der Waals surface area contributed by atoms with Gasteiger partial charge in [0.1, 0.15) is 0 Å². The maximum Gasteiger partial charge on any atom is 0.0337 e. The Morgan fingerprint density at radius 3 is 2.70 bits per heavy atom. The van der Waals surface area contributed by atoms with Gasteiger partial charge < -0.3 is 10.2 Å². The van der Waals surface area contributed by atoms with E-state index in [2.05, 4.69) is 96.3 Å². The van der Waals surface area contributed by atoms with E-state index < -0.39 is 0 Å². The molecule has 1 aromatic carbocycles. The Labute approximate surface area is 202 Å². The minimum Gasteiger partial charge on any atom is -0.385 e. The van der Waals surface area contributed by atoms with Gasteiger partial charge in [-0.15, -0.1) is 0 Å². The fourth-order valence-corrected chi connectivity index (χ4v) is 5.16. The summed E-state index contributed by atoms with van der Waals surface area (Å²) < 4.78 is 0. The van der Waals surface area contributed by atoms with Gasteiger partial charge in [-0.25, -0.2) is 0 Å². The Kier molecular flexibility index (Phi) is 11.0.